The summed E-state index contributed by atoms with van der Waals surface area (Å²) in [6.07, 6.45) is 12.7. The van der Waals surface area contributed by atoms with Crippen molar-refractivity contribution in [3.8, 4) is 11.3 Å². The standard InChI is InChI=1S/C28H21N5O2/c34-27-21-5-1-2-7-24(21)32-25-22(27)15-33(26(25)20-9-8-17-16-35-12-10-19(17)20)28-30-13-18(14-31-28)23-6-3-4-11-29-23/h1-7,10-14,16,26H,8-9,15H2,(H,32,34). The van der Waals surface area contributed by atoms with E-state index < -0.39 is 0 Å². The van der Waals surface area contributed by atoms with Crippen LogP contribution in [0.3, 0.4) is 0 Å². The molecule has 0 saturated heterocycles. The highest BCUT2D eigenvalue weighted by Crippen LogP contribution is 2.47. The molecular formula is C28H21N5O2. The topological polar surface area (TPSA) is 84.0 Å². The van der Waals surface area contributed by atoms with Gasteiger partial charge in [0.05, 0.1) is 36.5 Å². The lowest BCUT2D eigenvalue weighted by Gasteiger charge is -2.27. The van der Waals surface area contributed by atoms with Gasteiger partial charge in [-0.3, -0.25) is 9.78 Å². The van der Waals surface area contributed by atoms with Gasteiger partial charge in [-0.05, 0) is 59.9 Å². The molecule has 35 heavy (non-hydrogen) atoms. The summed E-state index contributed by atoms with van der Waals surface area (Å²) in [6, 6.07) is 13.3. The predicted molar refractivity (Wildman–Crippen MR) is 133 cm³/mol. The number of anilines is 1. The Morgan fingerprint density at radius 3 is 2.71 bits per heavy atom. The van der Waals surface area contributed by atoms with Crippen LogP contribution in [0.2, 0.25) is 0 Å². The highest BCUT2D eigenvalue weighted by Gasteiger charge is 2.40. The minimum Gasteiger partial charge on any atom is -0.472 e. The Bertz CT molecular complexity index is 1620. The fourth-order valence-electron chi connectivity index (χ4n) is 5.38. The fourth-order valence-corrected chi connectivity index (χ4v) is 5.38. The second kappa shape index (κ2) is 7.77. The summed E-state index contributed by atoms with van der Waals surface area (Å²) in [6.45, 7) is 0.444. The van der Waals surface area contributed by atoms with E-state index in [0.29, 0.717) is 17.9 Å². The fraction of sp³-hybridized carbons (Fsp3) is 0.143. The van der Waals surface area contributed by atoms with Crippen molar-refractivity contribution in [3.63, 3.8) is 0 Å². The second-order valence-electron chi connectivity index (χ2n) is 8.93. The van der Waals surface area contributed by atoms with E-state index in [2.05, 4.69) is 14.9 Å². The third kappa shape index (κ3) is 3.12. The first-order chi connectivity index (χ1) is 17.3. The zero-order valence-corrected chi connectivity index (χ0v) is 18.8. The SMILES string of the molecule is O=c1c2c([nH]c3ccccc13)C(C1=C3C=COC=C3CC1)N(c1ncc(-c3ccccn3)cn1)C2. The molecule has 170 valence electrons. The summed E-state index contributed by atoms with van der Waals surface area (Å²) in [5, 5.41) is 0.703. The van der Waals surface area contributed by atoms with Crippen LogP contribution in [0.15, 0.2) is 101 Å². The Labute approximate surface area is 201 Å². The van der Waals surface area contributed by atoms with Crippen molar-refractivity contribution < 1.29 is 4.74 Å². The molecule has 7 nitrogen and oxygen atoms in total. The van der Waals surface area contributed by atoms with Crippen LogP contribution in [-0.2, 0) is 11.3 Å². The van der Waals surface area contributed by atoms with Gasteiger partial charge in [-0.2, -0.15) is 0 Å². The van der Waals surface area contributed by atoms with Gasteiger partial charge in [0, 0.05) is 40.6 Å². The van der Waals surface area contributed by atoms with Crippen LogP contribution in [0.4, 0.5) is 5.95 Å². The van der Waals surface area contributed by atoms with Crippen LogP contribution in [0.5, 0.6) is 0 Å². The molecule has 5 heterocycles. The molecule has 0 amide bonds. The van der Waals surface area contributed by atoms with Gasteiger partial charge in [0.15, 0.2) is 5.43 Å². The average Bonchev–Trinajstić information content (AvgIpc) is 3.51. The molecular weight excluding hydrogens is 438 g/mol. The molecule has 0 saturated carbocycles. The molecule has 7 heteroatoms. The lowest BCUT2D eigenvalue weighted by Crippen LogP contribution is -2.25. The number of ether oxygens (including phenoxy) is 1. The van der Waals surface area contributed by atoms with Gasteiger partial charge in [0.2, 0.25) is 5.95 Å². The number of aromatic nitrogens is 4. The van der Waals surface area contributed by atoms with Crippen molar-refractivity contribution in [1.82, 2.24) is 19.9 Å². The van der Waals surface area contributed by atoms with Gasteiger partial charge in [-0.1, -0.05) is 18.2 Å². The summed E-state index contributed by atoms with van der Waals surface area (Å²) in [7, 11) is 0. The number of rotatable bonds is 3. The van der Waals surface area contributed by atoms with Crippen LogP contribution < -0.4 is 10.3 Å². The van der Waals surface area contributed by atoms with Crippen LogP contribution in [0.25, 0.3) is 22.2 Å². The molecule has 7 rings (SSSR count). The molecule has 3 aromatic heterocycles. The molecule has 1 aromatic carbocycles. The first-order valence-corrected chi connectivity index (χ1v) is 11.7. The Balaban J connectivity index is 1.39. The number of pyridine rings is 2. The molecule has 0 spiro atoms. The maximum Gasteiger partial charge on any atom is 0.226 e. The van der Waals surface area contributed by atoms with Gasteiger partial charge < -0.3 is 14.6 Å². The van der Waals surface area contributed by atoms with E-state index in [1.807, 2.05) is 54.8 Å². The van der Waals surface area contributed by atoms with Crippen LogP contribution >= 0.6 is 0 Å². The number of aromatic amines is 1. The zero-order chi connectivity index (χ0) is 23.4. The van der Waals surface area contributed by atoms with Crippen molar-refractivity contribution in [2.45, 2.75) is 25.4 Å². The highest BCUT2D eigenvalue weighted by molar-refractivity contribution is 5.80. The van der Waals surface area contributed by atoms with E-state index >= 15 is 0 Å². The van der Waals surface area contributed by atoms with Gasteiger partial charge >= 0.3 is 0 Å². The summed E-state index contributed by atoms with van der Waals surface area (Å²) in [5.41, 5.74) is 7.89. The smallest absolute Gasteiger partial charge is 0.226 e. The number of benzene rings is 1. The third-order valence-corrected chi connectivity index (χ3v) is 7.02. The lowest BCUT2D eigenvalue weighted by atomic mass is 9.97. The van der Waals surface area contributed by atoms with Gasteiger partial charge in [-0.15, -0.1) is 0 Å². The minimum atomic E-state index is -0.161. The summed E-state index contributed by atoms with van der Waals surface area (Å²) < 4.78 is 5.43. The maximum atomic E-state index is 13.5. The largest absolute Gasteiger partial charge is 0.472 e. The van der Waals surface area contributed by atoms with Crippen molar-refractivity contribution >= 4 is 16.9 Å². The number of para-hydroxylation sites is 1. The van der Waals surface area contributed by atoms with E-state index in [-0.39, 0.29) is 11.5 Å². The van der Waals surface area contributed by atoms with Crippen LogP contribution in [0.1, 0.15) is 30.1 Å². The Kier molecular flexibility index (Phi) is 4.42. The number of hydrogen-bond acceptors (Lipinski definition) is 6. The third-order valence-electron chi connectivity index (χ3n) is 7.02. The highest BCUT2D eigenvalue weighted by atomic mass is 16.5. The molecule has 1 N–H and O–H groups in total. The lowest BCUT2D eigenvalue weighted by molar-refractivity contribution is 0.393. The van der Waals surface area contributed by atoms with Crippen molar-refractivity contribution in [1.29, 1.82) is 0 Å². The Hall–Kier alpha value is -4.52. The van der Waals surface area contributed by atoms with Gasteiger partial charge in [0.25, 0.3) is 0 Å². The van der Waals surface area contributed by atoms with Gasteiger partial charge in [0.1, 0.15) is 0 Å². The van der Waals surface area contributed by atoms with Crippen LogP contribution in [0, 0.1) is 0 Å². The second-order valence-corrected chi connectivity index (χ2v) is 8.93. The van der Waals surface area contributed by atoms with E-state index in [1.54, 1.807) is 24.9 Å². The Morgan fingerprint density at radius 2 is 1.86 bits per heavy atom. The molecule has 0 radical (unpaired) electrons. The predicted octanol–water partition coefficient (Wildman–Crippen LogP) is 4.96. The minimum absolute atomic E-state index is 0.0637. The molecule has 1 aliphatic carbocycles. The summed E-state index contributed by atoms with van der Waals surface area (Å²) in [5.74, 6) is 0.587. The quantitative estimate of drug-likeness (QED) is 0.466. The monoisotopic (exact) mass is 459 g/mol. The van der Waals surface area contributed by atoms with E-state index in [0.717, 1.165) is 40.9 Å². The maximum absolute atomic E-state index is 13.5. The molecule has 4 aromatic rings. The first kappa shape index (κ1) is 19.9. The molecule has 0 bridgehead atoms. The first-order valence-electron chi connectivity index (χ1n) is 11.7. The molecule has 1 unspecified atom stereocenters. The molecule has 2 aliphatic heterocycles. The van der Waals surface area contributed by atoms with E-state index in [1.165, 1.54) is 16.7 Å². The van der Waals surface area contributed by atoms with Crippen LogP contribution in [-0.4, -0.2) is 19.9 Å². The van der Waals surface area contributed by atoms with E-state index in [9.17, 15) is 4.79 Å². The zero-order valence-electron chi connectivity index (χ0n) is 18.8. The summed E-state index contributed by atoms with van der Waals surface area (Å²) >= 11 is 0. The molecule has 0 fully saturated rings. The number of allylic oxidation sites excluding steroid dienone is 3. The van der Waals surface area contributed by atoms with Crippen molar-refractivity contribution in [2.75, 3.05) is 4.90 Å². The number of fused-ring (bicyclic) bond motifs is 3. The van der Waals surface area contributed by atoms with E-state index in [4.69, 9.17) is 14.7 Å². The van der Waals surface area contributed by atoms with Crippen molar-refractivity contribution in [2.24, 2.45) is 0 Å². The summed E-state index contributed by atoms with van der Waals surface area (Å²) in [4.78, 5) is 33.1. The normalized spacial score (nSPS) is 18.5. The number of nitrogens with one attached hydrogen (secondary N) is 1. The van der Waals surface area contributed by atoms with Crippen molar-refractivity contribution in [3.05, 3.63) is 118 Å². The average molecular weight is 460 g/mol. The molecule has 1 atom stereocenters. The number of H-pyrrole nitrogens is 1. The number of hydrogen-bond donors (Lipinski definition) is 1. The molecule has 3 aliphatic rings. The van der Waals surface area contributed by atoms with Gasteiger partial charge in [-0.25, -0.2) is 9.97 Å². The number of nitrogens with zero attached hydrogens (tertiary/aromatic N) is 4. The Morgan fingerprint density at radius 1 is 1.00 bits per heavy atom.